The number of likely N-dealkylation sites (N-methyl/N-ethyl adjacent to an activating group) is 1. The number of aliphatic hydroxyl groups excluding tert-OH is 3. The molecule has 0 heterocycles. The van der Waals surface area contributed by atoms with E-state index < -0.39 is 87.5 Å². The first kappa shape index (κ1) is 30.5. The van der Waals surface area contributed by atoms with Crippen LogP contribution in [0.3, 0.4) is 0 Å². The number of hydrogen-bond donors (Lipinski definition) is 7. The number of anilines is 1. The molecule has 0 spiro atoms. The first-order valence-electron chi connectivity index (χ1n) is 13.5. The number of ketones is 2. The number of nitrogens with one attached hydrogen (secondary N) is 1. The van der Waals surface area contributed by atoms with E-state index in [1.165, 1.54) is 50.4 Å². The average molecular weight is 610 g/mol. The normalized spacial score (nSPS) is 27.8. The Bertz CT molecular complexity index is 1660. The van der Waals surface area contributed by atoms with Gasteiger partial charge in [0.15, 0.2) is 17.1 Å². The number of methoxy groups -OCH3 is 1. The highest BCUT2D eigenvalue weighted by atomic mass is 16.6. The second kappa shape index (κ2) is 10.7. The summed E-state index contributed by atoms with van der Waals surface area (Å²) in [6, 6.07) is 7.49. The van der Waals surface area contributed by atoms with Gasteiger partial charge in [-0.2, -0.15) is 0 Å². The molecule has 3 aliphatic carbocycles. The molecule has 0 saturated carbocycles. The summed E-state index contributed by atoms with van der Waals surface area (Å²) in [5, 5.41) is 59.3. The lowest BCUT2D eigenvalue weighted by atomic mass is 9.55. The van der Waals surface area contributed by atoms with E-state index in [1.54, 1.807) is 19.1 Å². The molecular weight excluding hydrogens is 578 g/mol. The Morgan fingerprint density at radius 1 is 1.02 bits per heavy atom. The van der Waals surface area contributed by atoms with Gasteiger partial charge < -0.3 is 40.7 Å². The number of hydrogen-bond acceptors (Lipinski definition) is 12. The van der Waals surface area contributed by atoms with Crippen LogP contribution in [-0.2, 0) is 9.59 Å². The summed E-state index contributed by atoms with van der Waals surface area (Å²) in [5.74, 6) is -9.47. The van der Waals surface area contributed by atoms with Crippen LogP contribution in [0.2, 0.25) is 0 Å². The van der Waals surface area contributed by atoms with Crippen LogP contribution in [0.1, 0.15) is 28.8 Å². The fraction of sp³-hybridized carbons (Fsp3) is 0.333. The van der Waals surface area contributed by atoms with Crippen molar-refractivity contribution in [3.05, 3.63) is 70.2 Å². The summed E-state index contributed by atoms with van der Waals surface area (Å²) in [4.78, 5) is 53.5. The Hall–Kier alpha value is -4.92. The Labute approximate surface area is 250 Å². The van der Waals surface area contributed by atoms with E-state index in [-0.39, 0.29) is 22.6 Å². The SMILES string of the molecule is COc1ccc(OC(=O)Nc2ccc3c(c2O)C(=O)C2=C(O)[C@]4(O)C(=O)C(C(N)=O)=C(O)[C@@H](N(C)C)[C@@H]4[C@@H](O)[C@@H]2[C@H]3C)cc1. The number of rotatable bonds is 5. The van der Waals surface area contributed by atoms with Crippen LogP contribution in [0.15, 0.2) is 59.1 Å². The van der Waals surface area contributed by atoms with Crippen molar-refractivity contribution in [2.75, 3.05) is 26.5 Å². The number of carbonyl (C=O) groups is 4. The van der Waals surface area contributed by atoms with Gasteiger partial charge in [-0.3, -0.25) is 24.6 Å². The molecule has 8 N–H and O–H groups in total. The van der Waals surface area contributed by atoms with Gasteiger partial charge in [0.25, 0.3) is 5.91 Å². The van der Waals surface area contributed by atoms with Crippen molar-refractivity contribution in [2.24, 2.45) is 17.6 Å². The van der Waals surface area contributed by atoms with Crippen molar-refractivity contribution in [1.29, 1.82) is 0 Å². The zero-order valence-electron chi connectivity index (χ0n) is 24.1. The van der Waals surface area contributed by atoms with Crippen molar-refractivity contribution >= 4 is 29.3 Å². The number of nitrogens with two attached hydrogens (primary N) is 1. The molecule has 0 aliphatic heterocycles. The van der Waals surface area contributed by atoms with Gasteiger partial charge in [-0.1, -0.05) is 13.0 Å². The van der Waals surface area contributed by atoms with Gasteiger partial charge in [-0.05, 0) is 55.9 Å². The van der Waals surface area contributed by atoms with Crippen molar-refractivity contribution in [1.82, 2.24) is 4.90 Å². The Morgan fingerprint density at radius 2 is 1.64 bits per heavy atom. The zero-order chi connectivity index (χ0) is 32.4. The molecule has 0 bridgehead atoms. The average Bonchev–Trinajstić information content (AvgIpc) is 2.96. The third-order valence-electron chi connectivity index (χ3n) is 8.64. The molecule has 2 amide bonds. The number of aliphatic hydroxyl groups is 4. The Morgan fingerprint density at radius 3 is 2.20 bits per heavy atom. The van der Waals surface area contributed by atoms with Crippen LogP contribution in [0.25, 0.3) is 0 Å². The highest BCUT2D eigenvalue weighted by Crippen LogP contribution is 2.56. The molecule has 14 nitrogen and oxygen atoms in total. The van der Waals surface area contributed by atoms with E-state index in [0.29, 0.717) is 5.75 Å². The summed E-state index contributed by atoms with van der Waals surface area (Å²) in [6.45, 7) is 1.60. The maximum Gasteiger partial charge on any atom is 0.417 e. The van der Waals surface area contributed by atoms with Crippen LogP contribution in [0.4, 0.5) is 10.5 Å². The molecule has 0 unspecified atom stereocenters. The summed E-state index contributed by atoms with van der Waals surface area (Å²) in [5.41, 5.74) is 0.419. The predicted molar refractivity (Wildman–Crippen MR) is 152 cm³/mol. The second-order valence-corrected chi connectivity index (χ2v) is 11.2. The summed E-state index contributed by atoms with van der Waals surface area (Å²) in [7, 11) is 4.38. The van der Waals surface area contributed by atoms with Gasteiger partial charge in [-0.25, -0.2) is 4.79 Å². The molecule has 3 aliphatic rings. The fourth-order valence-corrected chi connectivity index (χ4v) is 6.61. The van der Waals surface area contributed by atoms with Crippen molar-refractivity contribution < 1.29 is 54.2 Å². The predicted octanol–water partition coefficient (Wildman–Crippen LogP) is 1.27. The first-order valence-corrected chi connectivity index (χ1v) is 13.5. The van der Waals surface area contributed by atoms with Crippen LogP contribution < -0.4 is 20.5 Å². The van der Waals surface area contributed by atoms with E-state index in [0.717, 1.165) is 0 Å². The Balaban J connectivity index is 1.58. The number of carbonyl (C=O) groups excluding carboxylic acids is 4. The summed E-state index contributed by atoms with van der Waals surface area (Å²) in [6.07, 6.45) is -2.72. The topological polar surface area (TPSA) is 229 Å². The van der Waals surface area contributed by atoms with Gasteiger partial charge in [-0.15, -0.1) is 0 Å². The van der Waals surface area contributed by atoms with E-state index in [2.05, 4.69) is 5.32 Å². The quantitative estimate of drug-likeness (QED) is 0.188. The van der Waals surface area contributed by atoms with E-state index >= 15 is 0 Å². The molecule has 232 valence electrons. The highest BCUT2D eigenvalue weighted by Gasteiger charge is 2.67. The molecule has 2 aromatic rings. The maximum atomic E-state index is 14.0. The minimum Gasteiger partial charge on any atom is -0.510 e. The number of ether oxygens (including phenoxy) is 2. The van der Waals surface area contributed by atoms with E-state index in [1.807, 2.05) is 0 Å². The minimum atomic E-state index is -3.03. The molecule has 0 fully saturated rings. The third-order valence-corrected chi connectivity index (χ3v) is 8.64. The highest BCUT2D eigenvalue weighted by molar-refractivity contribution is 6.25. The lowest BCUT2D eigenvalue weighted by Gasteiger charge is -2.53. The number of phenols is 1. The molecule has 0 aromatic heterocycles. The lowest BCUT2D eigenvalue weighted by molar-refractivity contribution is -0.162. The molecule has 2 aromatic carbocycles. The van der Waals surface area contributed by atoms with Crippen LogP contribution in [0.5, 0.6) is 17.2 Å². The van der Waals surface area contributed by atoms with Gasteiger partial charge in [0.05, 0.1) is 36.4 Å². The van der Waals surface area contributed by atoms with Crippen molar-refractivity contribution in [3.8, 4) is 17.2 Å². The number of aromatic hydroxyl groups is 1. The van der Waals surface area contributed by atoms with Crippen LogP contribution in [-0.4, -0.2) is 93.0 Å². The van der Waals surface area contributed by atoms with E-state index in [9.17, 15) is 44.7 Å². The first-order chi connectivity index (χ1) is 20.7. The second-order valence-electron chi connectivity index (χ2n) is 11.2. The standard InChI is InChI=1S/C30H31N3O11/c1-11-14-9-10-15(32-29(41)44-13-7-5-12(43-4)6-8-13)22(34)17(14)23(35)18-16(11)24(36)20-21(33(2)3)25(37)19(28(31)40)27(39)30(20,42)26(18)38/h5-11,16,20-21,24,34,36-38,42H,1-4H3,(H2,31,40)(H,32,41)/t11-,16+,20+,21-,24-,30-/m0/s1. The van der Waals surface area contributed by atoms with Gasteiger partial charge in [0, 0.05) is 11.5 Å². The van der Waals surface area contributed by atoms with Crippen LogP contribution >= 0.6 is 0 Å². The molecule has 44 heavy (non-hydrogen) atoms. The number of Topliss-reactive ketones (excluding diaryl/α,β-unsaturated/α-hetero) is 2. The molecule has 14 heteroatoms. The molecule has 6 atom stereocenters. The molecular formula is C30H31N3O11. The van der Waals surface area contributed by atoms with Gasteiger partial charge >= 0.3 is 6.09 Å². The fourth-order valence-electron chi connectivity index (χ4n) is 6.61. The maximum absolute atomic E-state index is 14.0. The summed E-state index contributed by atoms with van der Waals surface area (Å²) >= 11 is 0. The van der Waals surface area contributed by atoms with Crippen molar-refractivity contribution in [2.45, 2.75) is 30.6 Å². The monoisotopic (exact) mass is 609 g/mol. The van der Waals surface area contributed by atoms with Gasteiger partial charge in [0.2, 0.25) is 5.78 Å². The molecule has 0 radical (unpaired) electrons. The number of primary amides is 1. The van der Waals surface area contributed by atoms with Crippen LogP contribution in [0, 0.1) is 11.8 Å². The number of nitrogens with zero attached hydrogens (tertiary/aromatic N) is 1. The number of benzene rings is 2. The number of phenolic OH excluding ortho intramolecular Hbond substituents is 1. The molecule has 5 rings (SSSR count). The smallest absolute Gasteiger partial charge is 0.417 e. The minimum absolute atomic E-state index is 0.158. The largest absolute Gasteiger partial charge is 0.510 e. The summed E-state index contributed by atoms with van der Waals surface area (Å²) < 4.78 is 10.3. The van der Waals surface area contributed by atoms with E-state index in [4.69, 9.17) is 15.2 Å². The number of amides is 2. The molecule has 0 saturated heterocycles. The number of fused-ring (bicyclic) bond motifs is 3. The third kappa shape index (κ3) is 4.29. The van der Waals surface area contributed by atoms with Gasteiger partial charge in [0.1, 0.15) is 28.6 Å². The lowest BCUT2D eigenvalue weighted by Crippen LogP contribution is -2.68. The Kier molecular flexibility index (Phi) is 7.40. The zero-order valence-corrected chi connectivity index (χ0v) is 24.1. The van der Waals surface area contributed by atoms with Crippen molar-refractivity contribution in [3.63, 3.8) is 0 Å².